The fraction of sp³-hybridized carbons (Fsp3) is 0.439. The van der Waals surface area contributed by atoms with Gasteiger partial charge in [-0.3, -0.25) is 19.7 Å². The Kier molecular flexibility index (Phi) is 14.9. The van der Waals surface area contributed by atoms with Gasteiger partial charge in [0.15, 0.2) is 0 Å². The van der Waals surface area contributed by atoms with E-state index in [1.807, 2.05) is 58.0 Å². The highest BCUT2D eigenvalue weighted by atomic mass is 16.5. The van der Waals surface area contributed by atoms with Crippen LogP contribution in [0.4, 0.5) is 26.9 Å². The minimum atomic E-state index is -0.479. The topological polar surface area (TPSA) is 187 Å². The molecule has 0 aliphatic heterocycles. The molecule has 55 heavy (non-hydrogen) atoms. The number of fused-ring (bicyclic) bond motifs is 1. The van der Waals surface area contributed by atoms with E-state index in [1.165, 1.54) is 6.07 Å². The van der Waals surface area contributed by atoms with Gasteiger partial charge in [0, 0.05) is 54.6 Å². The Hall–Kier alpha value is -5.79. The molecule has 0 radical (unpaired) electrons. The van der Waals surface area contributed by atoms with Crippen molar-refractivity contribution in [2.24, 2.45) is 16.3 Å². The summed E-state index contributed by atoms with van der Waals surface area (Å²) in [7, 11) is 0. The fourth-order valence-electron chi connectivity index (χ4n) is 6.49. The van der Waals surface area contributed by atoms with Gasteiger partial charge in [-0.15, -0.1) is 0 Å². The third-order valence-corrected chi connectivity index (χ3v) is 9.18. The van der Waals surface area contributed by atoms with Crippen molar-refractivity contribution >= 4 is 46.8 Å². The van der Waals surface area contributed by atoms with Crippen molar-refractivity contribution in [3.8, 4) is 0 Å². The zero-order valence-electron chi connectivity index (χ0n) is 32.9. The number of nitrogens with one attached hydrogen (secondary N) is 5. The number of ketones is 1. The number of carbonyl (C=O) groups excluding carboxylic acids is 4. The van der Waals surface area contributed by atoms with Gasteiger partial charge >= 0.3 is 12.1 Å². The minimum Gasteiger partial charge on any atom is -0.448 e. The van der Waals surface area contributed by atoms with E-state index in [4.69, 9.17) is 9.73 Å². The molecule has 1 atom stereocenters. The lowest BCUT2D eigenvalue weighted by Crippen LogP contribution is -2.35. The van der Waals surface area contributed by atoms with E-state index in [0.717, 1.165) is 29.8 Å². The molecule has 3 aromatic rings. The number of rotatable bonds is 17. The molecular formula is C41H54N8O6. The number of aromatic amines is 1. The summed E-state index contributed by atoms with van der Waals surface area (Å²) in [6.45, 7) is 16.2. The summed E-state index contributed by atoms with van der Waals surface area (Å²) in [5.41, 5.74) is 4.69. The predicted octanol–water partition coefficient (Wildman–Crippen LogP) is 6.32. The van der Waals surface area contributed by atoms with Gasteiger partial charge in [-0.05, 0) is 81.2 Å². The second kappa shape index (κ2) is 19.5. The maximum Gasteiger partial charge on any atom is 0.407 e. The highest BCUT2D eigenvalue weighted by Crippen LogP contribution is 2.30. The summed E-state index contributed by atoms with van der Waals surface area (Å²) in [4.78, 5) is 75.5. The number of hydrogen-bond acceptors (Lipinski definition) is 9. The Morgan fingerprint density at radius 3 is 2.44 bits per heavy atom. The van der Waals surface area contributed by atoms with Gasteiger partial charge in [-0.1, -0.05) is 52.0 Å². The number of hydrogen-bond donors (Lipinski definition) is 5. The van der Waals surface area contributed by atoms with Gasteiger partial charge < -0.3 is 30.6 Å². The summed E-state index contributed by atoms with van der Waals surface area (Å²) in [5.74, 6) is -0.188. The number of nitrogens with zero attached hydrogens (tertiary/aromatic N) is 3. The van der Waals surface area contributed by atoms with Gasteiger partial charge in [0.2, 0.25) is 17.6 Å². The molecule has 1 heterocycles. The zero-order chi connectivity index (χ0) is 40.1. The third kappa shape index (κ3) is 12.7. The van der Waals surface area contributed by atoms with E-state index in [1.54, 1.807) is 25.1 Å². The van der Waals surface area contributed by atoms with Crippen LogP contribution in [0.1, 0.15) is 87.5 Å². The number of alkyl carbamates (subject to hydrolysis) is 1. The number of urea groups is 1. The molecule has 0 bridgehead atoms. The molecule has 1 aliphatic rings. The first kappa shape index (κ1) is 42.0. The second-order valence-electron chi connectivity index (χ2n) is 14.7. The summed E-state index contributed by atoms with van der Waals surface area (Å²) < 4.78 is 5.51. The van der Waals surface area contributed by atoms with Crippen molar-refractivity contribution in [1.82, 2.24) is 25.9 Å². The standard InChI is InChI=1S/C41H54N8O6/c1-8-12-35(50)46-34-23-33(30-13-10-11-14-31(30)37(34)52)45-32-16-15-29(21-27(32)4)49(9-2)19-20-55-40(54)42-18-17-41(6,7)24-26(3)25-43-39(53)48-38-44-28(5)22-36(51)47-38/h10-11,13-16,21-23,26H,8-9,12,17-20,24-25H2,1-7H3,(H,42,54)(H,46,50)(H3,43,44,47,48,51,53)/b45-33+. The van der Waals surface area contributed by atoms with Gasteiger partial charge in [-0.2, -0.15) is 4.98 Å². The first-order valence-electron chi connectivity index (χ1n) is 18.8. The van der Waals surface area contributed by atoms with E-state index in [-0.39, 0.29) is 41.3 Å². The van der Waals surface area contributed by atoms with Crippen LogP contribution in [0, 0.1) is 25.2 Å². The molecule has 4 rings (SSSR count). The number of likely N-dealkylation sites (N-methyl/N-ethyl adjacent to an activating group) is 1. The molecule has 14 heteroatoms. The number of H-pyrrole nitrogens is 1. The predicted molar refractivity (Wildman–Crippen MR) is 215 cm³/mol. The number of amides is 4. The number of aromatic nitrogens is 2. The van der Waals surface area contributed by atoms with Crippen molar-refractivity contribution in [2.75, 3.05) is 43.0 Å². The van der Waals surface area contributed by atoms with Crippen LogP contribution >= 0.6 is 0 Å². The van der Waals surface area contributed by atoms with Crippen LogP contribution in [0.2, 0.25) is 0 Å². The van der Waals surface area contributed by atoms with Crippen LogP contribution in [0.15, 0.2) is 70.1 Å². The molecular weight excluding hydrogens is 701 g/mol. The molecule has 0 saturated heterocycles. The largest absolute Gasteiger partial charge is 0.448 e. The average Bonchev–Trinajstić information content (AvgIpc) is 3.11. The number of aryl methyl sites for hydroxylation is 2. The fourth-order valence-corrected chi connectivity index (χ4v) is 6.49. The molecule has 0 saturated carbocycles. The monoisotopic (exact) mass is 754 g/mol. The van der Waals surface area contributed by atoms with E-state index in [2.05, 4.69) is 50.0 Å². The van der Waals surface area contributed by atoms with Crippen LogP contribution in [0.25, 0.3) is 0 Å². The van der Waals surface area contributed by atoms with Crippen LogP contribution in [0.3, 0.4) is 0 Å². The van der Waals surface area contributed by atoms with Crippen molar-refractivity contribution in [3.63, 3.8) is 0 Å². The van der Waals surface area contributed by atoms with Crippen molar-refractivity contribution in [2.45, 2.75) is 74.1 Å². The number of carbonyl (C=O) groups is 4. The Bertz CT molecular complexity index is 1980. The average molecular weight is 755 g/mol. The molecule has 5 N–H and O–H groups in total. The maximum absolute atomic E-state index is 13.1. The first-order valence-corrected chi connectivity index (χ1v) is 18.8. The van der Waals surface area contributed by atoms with E-state index in [0.29, 0.717) is 61.6 Å². The molecule has 4 amide bonds. The SMILES string of the molecule is CCCC(=O)NC1=C/C(=N\c2ccc(N(CC)CCOC(=O)NCCC(C)(C)CC(C)CNC(=O)Nc3nc(=O)cc(C)[nH]3)cc2C)c2ccccc2C1=O. The molecule has 2 aromatic carbocycles. The van der Waals surface area contributed by atoms with Crippen molar-refractivity contribution in [1.29, 1.82) is 0 Å². The van der Waals surface area contributed by atoms with Crippen LogP contribution in [-0.2, 0) is 9.53 Å². The highest BCUT2D eigenvalue weighted by Gasteiger charge is 2.26. The van der Waals surface area contributed by atoms with Crippen molar-refractivity contribution in [3.05, 3.63) is 93.0 Å². The van der Waals surface area contributed by atoms with E-state index >= 15 is 0 Å². The summed E-state index contributed by atoms with van der Waals surface area (Å²) in [6, 6.07) is 14.1. The summed E-state index contributed by atoms with van der Waals surface area (Å²) in [6.07, 6.45) is 3.69. The Labute approximate surface area is 322 Å². The molecule has 294 valence electrons. The van der Waals surface area contributed by atoms with E-state index in [9.17, 15) is 24.0 Å². The van der Waals surface area contributed by atoms with Crippen LogP contribution < -0.4 is 31.7 Å². The third-order valence-electron chi connectivity index (χ3n) is 9.18. The Morgan fingerprint density at radius 2 is 1.75 bits per heavy atom. The van der Waals surface area contributed by atoms with Crippen molar-refractivity contribution < 1.29 is 23.9 Å². The van der Waals surface area contributed by atoms with Gasteiger partial charge in [-0.25, -0.2) is 14.6 Å². The number of ether oxygens (including phenoxy) is 1. The van der Waals surface area contributed by atoms with Crippen LogP contribution in [0.5, 0.6) is 0 Å². The number of benzene rings is 2. The second-order valence-corrected chi connectivity index (χ2v) is 14.7. The number of anilines is 2. The highest BCUT2D eigenvalue weighted by molar-refractivity contribution is 6.27. The number of aliphatic imine (C=N–C) groups is 1. The van der Waals surface area contributed by atoms with Gasteiger partial charge in [0.1, 0.15) is 6.61 Å². The lowest BCUT2D eigenvalue weighted by molar-refractivity contribution is -0.120. The molecule has 1 aromatic heterocycles. The quantitative estimate of drug-likeness (QED) is 0.106. The van der Waals surface area contributed by atoms with Gasteiger partial charge in [0.25, 0.3) is 5.56 Å². The molecule has 0 fully saturated rings. The summed E-state index contributed by atoms with van der Waals surface area (Å²) >= 11 is 0. The lowest BCUT2D eigenvalue weighted by Gasteiger charge is -2.28. The Morgan fingerprint density at radius 1 is 1.00 bits per heavy atom. The molecule has 1 aliphatic carbocycles. The normalized spacial score (nSPS) is 13.7. The number of Topliss-reactive ketones (excluding diaryl/α,β-unsaturated/α-hetero) is 1. The smallest absolute Gasteiger partial charge is 0.407 e. The summed E-state index contributed by atoms with van der Waals surface area (Å²) in [5, 5.41) is 11.0. The number of allylic oxidation sites excluding steroid dienone is 2. The lowest BCUT2D eigenvalue weighted by atomic mass is 9.80. The molecule has 1 unspecified atom stereocenters. The zero-order valence-corrected chi connectivity index (χ0v) is 32.9. The van der Waals surface area contributed by atoms with E-state index < -0.39 is 17.7 Å². The molecule has 14 nitrogen and oxygen atoms in total. The molecule has 0 spiro atoms. The first-order chi connectivity index (χ1) is 26.2. The van der Waals surface area contributed by atoms with Gasteiger partial charge in [0.05, 0.1) is 23.6 Å². The maximum atomic E-state index is 13.1. The minimum absolute atomic E-state index is 0.0952. The Balaban J connectivity index is 1.24. The van der Waals surface area contributed by atoms with Crippen LogP contribution in [-0.4, -0.2) is 72.3 Å².